The van der Waals surface area contributed by atoms with E-state index < -0.39 is 5.97 Å². The smallest absolute Gasteiger partial charge is 0.335 e. The molecule has 172 valence electrons. The standard InChI is InChI=1S/C24H26N4O4S/c1-3-15-28-21(6-4-5-17-7-13-20(32-2)14-8-17)26-27-24(28)33-16-22(29)25-19-11-9-18(10-12-19)23(30)31/h3,7-14H,1,4-6,15-16H2,2H3,(H,25,29)(H,30,31). The molecule has 0 aliphatic carbocycles. The van der Waals surface area contributed by atoms with Crippen molar-refractivity contribution < 1.29 is 19.4 Å². The Hall–Kier alpha value is -3.59. The molecule has 0 saturated heterocycles. The molecular formula is C24H26N4O4S. The van der Waals surface area contributed by atoms with Gasteiger partial charge in [-0.1, -0.05) is 30.0 Å². The van der Waals surface area contributed by atoms with Gasteiger partial charge in [-0.2, -0.15) is 0 Å². The van der Waals surface area contributed by atoms with Gasteiger partial charge < -0.3 is 19.7 Å². The number of benzene rings is 2. The number of rotatable bonds is 12. The maximum atomic E-state index is 12.3. The zero-order valence-electron chi connectivity index (χ0n) is 18.4. The van der Waals surface area contributed by atoms with E-state index in [-0.39, 0.29) is 17.2 Å². The van der Waals surface area contributed by atoms with Crippen LogP contribution in [0.1, 0.15) is 28.2 Å². The molecule has 8 nitrogen and oxygen atoms in total. The molecule has 0 bridgehead atoms. The average molecular weight is 467 g/mol. The lowest BCUT2D eigenvalue weighted by Crippen LogP contribution is -2.15. The van der Waals surface area contributed by atoms with Gasteiger partial charge in [0.1, 0.15) is 11.6 Å². The number of aromatic nitrogens is 3. The van der Waals surface area contributed by atoms with Crippen LogP contribution < -0.4 is 10.1 Å². The first-order chi connectivity index (χ1) is 16.0. The van der Waals surface area contributed by atoms with Gasteiger partial charge >= 0.3 is 5.97 Å². The van der Waals surface area contributed by atoms with Crippen molar-refractivity contribution in [1.29, 1.82) is 0 Å². The number of anilines is 1. The minimum Gasteiger partial charge on any atom is -0.497 e. The molecule has 0 atom stereocenters. The van der Waals surface area contributed by atoms with Crippen LogP contribution in [0.5, 0.6) is 5.75 Å². The first-order valence-electron chi connectivity index (χ1n) is 10.4. The summed E-state index contributed by atoms with van der Waals surface area (Å²) in [4.78, 5) is 23.2. The fourth-order valence-electron chi connectivity index (χ4n) is 3.19. The molecule has 0 saturated carbocycles. The fraction of sp³-hybridized carbons (Fsp3) is 0.250. The number of carboxylic acids is 1. The Labute approximate surface area is 196 Å². The number of carbonyl (C=O) groups excluding carboxylic acids is 1. The Morgan fingerprint density at radius 2 is 1.85 bits per heavy atom. The number of aryl methyl sites for hydroxylation is 2. The topological polar surface area (TPSA) is 106 Å². The molecule has 1 aromatic heterocycles. The van der Waals surface area contributed by atoms with E-state index in [0.29, 0.717) is 17.4 Å². The second-order valence-corrected chi connectivity index (χ2v) is 8.16. The maximum Gasteiger partial charge on any atom is 0.335 e. The number of thioether (sulfide) groups is 1. The van der Waals surface area contributed by atoms with Crippen LogP contribution in [0.3, 0.4) is 0 Å². The third-order valence-corrected chi connectivity index (χ3v) is 5.84. The summed E-state index contributed by atoms with van der Waals surface area (Å²) in [5.41, 5.74) is 1.94. The highest BCUT2D eigenvalue weighted by Crippen LogP contribution is 2.20. The van der Waals surface area contributed by atoms with Crippen molar-refractivity contribution in [1.82, 2.24) is 14.8 Å². The number of nitrogens with zero attached hydrogens (tertiary/aromatic N) is 3. The Kier molecular flexibility index (Phi) is 8.65. The maximum absolute atomic E-state index is 12.3. The zero-order valence-corrected chi connectivity index (χ0v) is 19.2. The predicted octanol–water partition coefficient (Wildman–Crippen LogP) is 4.08. The first kappa shape index (κ1) is 24.1. The molecular weight excluding hydrogens is 440 g/mol. The Morgan fingerprint density at radius 3 is 2.48 bits per heavy atom. The van der Waals surface area contributed by atoms with E-state index >= 15 is 0 Å². The normalized spacial score (nSPS) is 10.6. The highest BCUT2D eigenvalue weighted by molar-refractivity contribution is 7.99. The van der Waals surface area contributed by atoms with E-state index in [0.717, 1.165) is 30.8 Å². The number of methoxy groups -OCH3 is 1. The van der Waals surface area contributed by atoms with Crippen molar-refractivity contribution in [2.45, 2.75) is 31.0 Å². The molecule has 1 amide bonds. The van der Waals surface area contributed by atoms with Crippen molar-refractivity contribution >= 4 is 29.3 Å². The van der Waals surface area contributed by atoms with E-state index in [2.05, 4.69) is 34.2 Å². The van der Waals surface area contributed by atoms with Gasteiger partial charge in [0.2, 0.25) is 5.91 Å². The molecule has 3 rings (SSSR count). The summed E-state index contributed by atoms with van der Waals surface area (Å²) in [5, 5.41) is 20.9. The molecule has 0 aliphatic heterocycles. The van der Waals surface area contributed by atoms with Gasteiger partial charge in [-0.05, 0) is 54.8 Å². The van der Waals surface area contributed by atoms with Gasteiger partial charge in [-0.3, -0.25) is 4.79 Å². The molecule has 9 heteroatoms. The van der Waals surface area contributed by atoms with Gasteiger partial charge in [0.05, 0.1) is 18.4 Å². The number of hydrogen-bond acceptors (Lipinski definition) is 6. The van der Waals surface area contributed by atoms with Gasteiger partial charge in [0, 0.05) is 18.7 Å². The van der Waals surface area contributed by atoms with E-state index in [1.165, 1.54) is 29.5 Å². The van der Waals surface area contributed by atoms with Gasteiger partial charge in [0.25, 0.3) is 0 Å². The summed E-state index contributed by atoms with van der Waals surface area (Å²) >= 11 is 1.30. The van der Waals surface area contributed by atoms with Crippen molar-refractivity contribution in [3.63, 3.8) is 0 Å². The summed E-state index contributed by atoms with van der Waals surface area (Å²) in [6.07, 6.45) is 4.37. The molecule has 0 radical (unpaired) electrons. The van der Waals surface area contributed by atoms with Crippen LogP contribution in [-0.4, -0.2) is 44.6 Å². The van der Waals surface area contributed by atoms with Crippen molar-refractivity contribution in [2.24, 2.45) is 0 Å². The summed E-state index contributed by atoms with van der Waals surface area (Å²) in [6, 6.07) is 14.0. The number of ether oxygens (including phenoxy) is 1. The first-order valence-corrected chi connectivity index (χ1v) is 11.4. The predicted molar refractivity (Wildman–Crippen MR) is 128 cm³/mol. The lowest BCUT2D eigenvalue weighted by Gasteiger charge is -2.09. The molecule has 1 heterocycles. The van der Waals surface area contributed by atoms with Crippen LogP contribution in [0.25, 0.3) is 0 Å². The molecule has 2 N–H and O–H groups in total. The van der Waals surface area contributed by atoms with Crippen LogP contribution in [0, 0.1) is 0 Å². The lowest BCUT2D eigenvalue weighted by molar-refractivity contribution is -0.113. The summed E-state index contributed by atoms with van der Waals surface area (Å²) in [5.74, 6) is 0.632. The third kappa shape index (κ3) is 6.95. The highest BCUT2D eigenvalue weighted by Gasteiger charge is 2.14. The number of aromatic carboxylic acids is 1. The Balaban J connectivity index is 1.53. The van der Waals surface area contributed by atoms with Crippen molar-refractivity contribution in [2.75, 3.05) is 18.2 Å². The zero-order chi connectivity index (χ0) is 23.6. The minimum atomic E-state index is -1.01. The molecule has 0 unspecified atom stereocenters. The highest BCUT2D eigenvalue weighted by atomic mass is 32.2. The number of nitrogens with one attached hydrogen (secondary N) is 1. The van der Waals surface area contributed by atoms with Crippen LogP contribution >= 0.6 is 11.8 Å². The van der Waals surface area contributed by atoms with Crippen LogP contribution in [0.2, 0.25) is 0 Å². The molecule has 2 aromatic carbocycles. The van der Waals surface area contributed by atoms with Gasteiger partial charge in [-0.15, -0.1) is 16.8 Å². The average Bonchev–Trinajstić information content (AvgIpc) is 3.20. The number of carboxylic acid groups (broad SMARTS) is 1. The van der Waals surface area contributed by atoms with E-state index in [1.54, 1.807) is 25.3 Å². The number of allylic oxidation sites excluding steroid dienone is 1. The van der Waals surface area contributed by atoms with Gasteiger partial charge in [0.15, 0.2) is 5.16 Å². The second kappa shape index (κ2) is 11.9. The van der Waals surface area contributed by atoms with Crippen LogP contribution in [0.15, 0.2) is 66.3 Å². The van der Waals surface area contributed by atoms with Crippen molar-refractivity contribution in [3.8, 4) is 5.75 Å². The number of amides is 1. The van der Waals surface area contributed by atoms with Crippen LogP contribution in [0.4, 0.5) is 5.69 Å². The molecule has 0 aliphatic rings. The monoisotopic (exact) mass is 466 g/mol. The Morgan fingerprint density at radius 1 is 1.12 bits per heavy atom. The minimum absolute atomic E-state index is 0.155. The summed E-state index contributed by atoms with van der Waals surface area (Å²) < 4.78 is 7.16. The van der Waals surface area contributed by atoms with Crippen LogP contribution in [-0.2, 0) is 24.2 Å². The molecule has 0 spiro atoms. The number of carbonyl (C=O) groups is 2. The van der Waals surface area contributed by atoms with E-state index in [4.69, 9.17) is 9.84 Å². The Bertz CT molecular complexity index is 1090. The molecule has 0 fully saturated rings. The lowest BCUT2D eigenvalue weighted by atomic mass is 10.1. The summed E-state index contributed by atoms with van der Waals surface area (Å²) in [6.45, 7) is 4.37. The van der Waals surface area contributed by atoms with E-state index in [1.807, 2.05) is 16.7 Å². The fourth-order valence-corrected chi connectivity index (χ4v) is 3.96. The largest absolute Gasteiger partial charge is 0.497 e. The van der Waals surface area contributed by atoms with E-state index in [9.17, 15) is 9.59 Å². The summed E-state index contributed by atoms with van der Waals surface area (Å²) in [7, 11) is 1.65. The third-order valence-electron chi connectivity index (χ3n) is 4.88. The number of hydrogen-bond donors (Lipinski definition) is 2. The quantitative estimate of drug-likeness (QED) is 0.306. The molecule has 33 heavy (non-hydrogen) atoms. The second-order valence-electron chi connectivity index (χ2n) is 7.22. The SMILES string of the molecule is C=CCn1c(CCCc2ccc(OC)cc2)nnc1SCC(=O)Nc1ccc(C(=O)O)cc1. The molecule has 3 aromatic rings. The van der Waals surface area contributed by atoms with Crippen molar-refractivity contribution in [3.05, 3.63) is 78.1 Å². The van der Waals surface area contributed by atoms with Gasteiger partial charge in [-0.25, -0.2) is 4.79 Å².